The van der Waals surface area contributed by atoms with Gasteiger partial charge in [-0.1, -0.05) is 18.2 Å². The average molecular weight is 309 g/mol. The highest BCUT2D eigenvalue weighted by molar-refractivity contribution is 5.98. The number of benzene rings is 1. The van der Waals surface area contributed by atoms with E-state index in [2.05, 4.69) is 17.6 Å². The molecule has 23 heavy (non-hydrogen) atoms. The lowest BCUT2D eigenvalue weighted by Gasteiger charge is -2.55. The second-order valence-electron chi connectivity index (χ2n) is 7.08. The van der Waals surface area contributed by atoms with Crippen molar-refractivity contribution >= 4 is 5.78 Å². The number of hydrogen-bond acceptors (Lipinski definition) is 4. The van der Waals surface area contributed by atoms with Gasteiger partial charge in [-0.25, -0.2) is 0 Å². The zero-order valence-corrected chi connectivity index (χ0v) is 12.9. The molecule has 1 aromatic rings. The molecule has 0 amide bonds. The van der Waals surface area contributed by atoms with E-state index >= 15 is 0 Å². The molecule has 2 aliphatic carbocycles. The molecular weight excluding hydrogens is 290 g/mol. The number of nitrogens with zero attached hydrogens (tertiary/aromatic N) is 1. The van der Waals surface area contributed by atoms with Crippen LogP contribution in [-0.2, 0) is 16.6 Å². The number of carbonyl (C=O) groups is 1. The van der Waals surface area contributed by atoms with E-state index in [1.807, 2.05) is 12.1 Å². The molecule has 0 radical (unpaired) electrons. The van der Waals surface area contributed by atoms with E-state index in [4.69, 9.17) is 4.74 Å². The van der Waals surface area contributed by atoms with Crippen molar-refractivity contribution in [2.75, 3.05) is 13.1 Å². The summed E-state index contributed by atoms with van der Waals surface area (Å²) < 4.78 is 6.03. The molecule has 2 aliphatic heterocycles. The minimum Gasteiger partial charge on any atom is -0.504 e. The number of rotatable bonds is 2. The highest BCUT2D eigenvalue weighted by atomic mass is 16.5. The third-order valence-electron chi connectivity index (χ3n) is 6.20. The van der Waals surface area contributed by atoms with E-state index in [1.165, 1.54) is 5.56 Å². The lowest BCUT2D eigenvalue weighted by atomic mass is 9.53. The lowest BCUT2D eigenvalue weighted by Crippen LogP contribution is -2.64. The standard InChI is InChI=1S/C19H19NO3/c1-2-8-20-9-7-19-12-4-6-15(22)18(19)23-17-14(21)5-3-11(16(17)19)10-13(12)20/h2-6,12-13,18,21H,1,7-10H2/t12?,13-,18+,19+/m1/s1. The molecule has 4 atom stereocenters. The van der Waals surface area contributed by atoms with Crippen molar-refractivity contribution < 1.29 is 14.6 Å². The smallest absolute Gasteiger partial charge is 0.196 e. The van der Waals surface area contributed by atoms with E-state index < -0.39 is 6.10 Å². The molecule has 1 saturated heterocycles. The number of piperidine rings is 1. The lowest BCUT2D eigenvalue weighted by molar-refractivity contribution is -0.127. The second-order valence-corrected chi connectivity index (χ2v) is 7.08. The van der Waals surface area contributed by atoms with Gasteiger partial charge in [-0.15, -0.1) is 6.58 Å². The zero-order valence-electron chi connectivity index (χ0n) is 12.9. The summed E-state index contributed by atoms with van der Waals surface area (Å²) in [6, 6.07) is 4.07. The fraction of sp³-hybridized carbons (Fsp3) is 0.421. The van der Waals surface area contributed by atoms with Crippen molar-refractivity contribution in [3.8, 4) is 11.5 Å². The molecule has 1 spiro atoms. The van der Waals surface area contributed by atoms with Crippen molar-refractivity contribution in [1.82, 2.24) is 4.90 Å². The maximum atomic E-state index is 12.5. The number of hydrogen-bond donors (Lipinski definition) is 1. The summed E-state index contributed by atoms with van der Waals surface area (Å²) in [5.74, 6) is 0.992. The zero-order chi connectivity index (χ0) is 15.8. The number of ketones is 1. The van der Waals surface area contributed by atoms with Crippen molar-refractivity contribution in [3.05, 3.63) is 48.1 Å². The molecule has 0 aromatic heterocycles. The summed E-state index contributed by atoms with van der Waals surface area (Å²) in [5, 5.41) is 10.2. The van der Waals surface area contributed by atoms with Crippen LogP contribution in [-0.4, -0.2) is 41.0 Å². The first-order valence-electron chi connectivity index (χ1n) is 8.26. The Morgan fingerprint density at radius 1 is 1.48 bits per heavy atom. The van der Waals surface area contributed by atoms with Gasteiger partial charge in [-0.2, -0.15) is 0 Å². The third-order valence-corrected chi connectivity index (χ3v) is 6.20. The first kappa shape index (κ1) is 13.4. The Morgan fingerprint density at radius 2 is 2.35 bits per heavy atom. The van der Waals surface area contributed by atoms with Gasteiger partial charge in [0.05, 0.1) is 5.41 Å². The summed E-state index contributed by atoms with van der Waals surface area (Å²) in [7, 11) is 0. The van der Waals surface area contributed by atoms with Gasteiger partial charge < -0.3 is 9.84 Å². The van der Waals surface area contributed by atoms with Crippen LogP contribution in [0.2, 0.25) is 0 Å². The highest BCUT2D eigenvalue weighted by Gasteiger charge is 2.64. The Balaban J connectivity index is 1.77. The molecule has 4 nitrogen and oxygen atoms in total. The quantitative estimate of drug-likeness (QED) is 0.849. The Labute approximate surface area is 135 Å². The van der Waals surface area contributed by atoms with Gasteiger partial charge in [0.15, 0.2) is 23.4 Å². The van der Waals surface area contributed by atoms with Gasteiger partial charge in [-0.05, 0) is 37.1 Å². The molecular formula is C19H19NO3. The Morgan fingerprint density at radius 3 is 3.17 bits per heavy atom. The normalized spacial score (nSPS) is 36.5. The van der Waals surface area contributed by atoms with Crippen LogP contribution in [0.15, 0.2) is 36.9 Å². The SMILES string of the molecule is C=CCN1CC[C@]23c4c5ccc(O)c4O[C@H]2C(=O)C=CC3[C@H]1C5. The fourth-order valence-electron chi connectivity index (χ4n) is 5.37. The largest absolute Gasteiger partial charge is 0.504 e. The van der Waals surface area contributed by atoms with Crippen molar-refractivity contribution in [2.45, 2.75) is 30.4 Å². The summed E-state index contributed by atoms with van der Waals surface area (Å²) in [6.07, 6.45) is 7.06. The van der Waals surface area contributed by atoms with E-state index in [9.17, 15) is 9.90 Å². The van der Waals surface area contributed by atoms with E-state index in [-0.39, 0.29) is 22.9 Å². The fourth-order valence-corrected chi connectivity index (χ4v) is 5.37. The predicted molar refractivity (Wildman–Crippen MR) is 85.7 cm³/mol. The van der Waals surface area contributed by atoms with Crippen LogP contribution < -0.4 is 4.74 Å². The van der Waals surface area contributed by atoms with E-state index in [1.54, 1.807) is 12.1 Å². The maximum absolute atomic E-state index is 12.5. The molecule has 4 aliphatic rings. The summed E-state index contributed by atoms with van der Waals surface area (Å²) >= 11 is 0. The number of likely N-dealkylation sites (tertiary alicyclic amines) is 1. The third kappa shape index (κ3) is 1.43. The number of phenolic OH excluding ortho intramolecular Hbond substituents is 1. The van der Waals surface area contributed by atoms with Gasteiger partial charge in [0.2, 0.25) is 0 Å². The number of phenols is 1. The summed E-state index contributed by atoms with van der Waals surface area (Å²) in [6.45, 7) is 5.68. The molecule has 1 fully saturated rings. The van der Waals surface area contributed by atoms with E-state index in [0.29, 0.717) is 11.8 Å². The molecule has 5 rings (SSSR count). The minimum atomic E-state index is -0.478. The molecule has 2 heterocycles. The van der Waals surface area contributed by atoms with Crippen LogP contribution in [0.1, 0.15) is 17.5 Å². The average Bonchev–Trinajstić information content (AvgIpc) is 2.89. The van der Waals surface area contributed by atoms with Gasteiger partial charge in [0.25, 0.3) is 0 Å². The van der Waals surface area contributed by atoms with Crippen LogP contribution in [0.4, 0.5) is 0 Å². The van der Waals surface area contributed by atoms with Gasteiger partial charge in [0.1, 0.15) is 0 Å². The monoisotopic (exact) mass is 309 g/mol. The highest BCUT2D eigenvalue weighted by Crippen LogP contribution is 2.61. The molecule has 1 aromatic carbocycles. The predicted octanol–water partition coefficient (Wildman–Crippen LogP) is 1.96. The maximum Gasteiger partial charge on any atom is 0.196 e. The molecule has 1 unspecified atom stereocenters. The van der Waals surface area contributed by atoms with Crippen molar-refractivity contribution in [3.63, 3.8) is 0 Å². The topological polar surface area (TPSA) is 49.8 Å². The van der Waals surface area contributed by atoms with Crippen LogP contribution in [0, 0.1) is 5.92 Å². The Kier molecular flexibility index (Phi) is 2.48. The molecule has 118 valence electrons. The molecule has 4 heteroatoms. The second kappa shape index (κ2) is 4.26. The number of ether oxygens (including phenoxy) is 1. The Hall–Kier alpha value is -2.07. The van der Waals surface area contributed by atoms with Crippen LogP contribution in [0.25, 0.3) is 0 Å². The molecule has 1 N–H and O–H groups in total. The first-order valence-corrected chi connectivity index (χ1v) is 8.26. The molecule has 0 saturated carbocycles. The van der Waals surface area contributed by atoms with Crippen LogP contribution >= 0.6 is 0 Å². The van der Waals surface area contributed by atoms with Gasteiger partial charge >= 0.3 is 0 Å². The number of carbonyl (C=O) groups excluding carboxylic acids is 1. The van der Waals surface area contributed by atoms with Crippen LogP contribution in [0.5, 0.6) is 11.5 Å². The van der Waals surface area contributed by atoms with Gasteiger partial charge in [0, 0.05) is 24.1 Å². The first-order chi connectivity index (χ1) is 11.2. The van der Waals surface area contributed by atoms with Crippen LogP contribution in [0.3, 0.4) is 0 Å². The van der Waals surface area contributed by atoms with E-state index in [0.717, 1.165) is 31.5 Å². The summed E-state index contributed by atoms with van der Waals surface area (Å²) in [5.41, 5.74) is 2.02. The number of aromatic hydroxyl groups is 1. The Bertz CT molecular complexity index is 768. The van der Waals surface area contributed by atoms with Crippen molar-refractivity contribution in [1.29, 1.82) is 0 Å². The molecule has 2 bridgehead atoms. The van der Waals surface area contributed by atoms with Crippen molar-refractivity contribution in [2.24, 2.45) is 5.92 Å². The van der Waals surface area contributed by atoms with Gasteiger partial charge in [-0.3, -0.25) is 9.69 Å². The summed E-state index contributed by atoms with van der Waals surface area (Å²) in [4.78, 5) is 15.0. The minimum absolute atomic E-state index is 0.0284.